The molecule has 0 saturated carbocycles. The molecule has 1 N–H and O–H groups in total. The van der Waals surface area contributed by atoms with Crippen LogP contribution >= 0.6 is 0 Å². The van der Waals surface area contributed by atoms with Crippen LogP contribution in [0.4, 0.5) is 0 Å². The van der Waals surface area contributed by atoms with E-state index in [-0.39, 0.29) is 0 Å². The fourth-order valence-corrected chi connectivity index (χ4v) is 1.17. The molecule has 0 saturated heterocycles. The minimum Gasteiger partial charge on any atom is -0.477 e. The molecule has 1 rings (SSSR count). The average molecular weight is 177 g/mol. The Morgan fingerprint density at radius 3 is 2.92 bits per heavy atom. The fourth-order valence-electron chi connectivity index (χ4n) is 1.17. The fraction of sp³-hybridized carbons (Fsp3) is 0.300. The molecule has 0 fully saturated rings. The predicted molar refractivity (Wildman–Crippen MR) is 49.6 cm³/mol. The summed E-state index contributed by atoms with van der Waals surface area (Å²) in [7, 11) is 0. The van der Waals surface area contributed by atoms with Gasteiger partial charge in [0, 0.05) is 6.20 Å². The summed E-state index contributed by atoms with van der Waals surface area (Å²) >= 11 is 0. The van der Waals surface area contributed by atoms with Gasteiger partial charge in [-0.1, -0.05) is 5.92 Å². The molecule has 0 aromatic carbocycles. The lowest BCUT2D eigenvalue weighted by atomic mass is 10.3. The highest BCUT2D eigenvalue weighted by Gasteiger charge is 2.11. The van der Waals surface area contributed by atoms with E-state index in [0.717, 1.165) is 5.56 Å². The van der Waals surface area contributed by atoms with Gasteiger partial charge in [-0.05, 0) is 25.5 Å². The lowest BCUT2D eigenvalue weighted by molar-refractivity contribution is 0.0685. The van der Waals surface area contributed by atoms with Crippen molar-refractivity contribution < 1.29 is 9.90 Å². The molecule has 0 bridgehead atoms. The normalized spacial score (nSPS) is 9.08. The zero-order valence-corrected chi connectivity index (χ0v) is 7.66. The lowest BCUT2D eigenvalue weighted by Crippen LogP contribution is -2.08. The summed E-state index contributed by atoms with van der Waals surface area (Å²) < 4.78 is 1.63. The van der Waals surface area contributed by atoms with Crippen molar-refractivity contribution in [2.75, 3.05) is 0 Å². The van der Waals surface area contributed by atoms with Crippen LogP contribution in [0.15, 0.2) is 12.3 Å². The summed E-state index contributed by atoms with van der Waals surface area (Å²) in [4.78, 5) is 10.8. The first-order valence-electron chi connectivity index (χ1n) is 3.95. The molecule has 1 aromatic heterocycles. The predicted octanol–water partition coefficient (Wildman–Crippen LogP) is 1.52. The van der Waals surface area contributed by atoms with Crippen molar-refractivity contribution in [2.45, 2.75) is 20.4 Å². The zero-order chi connectivity index (χ0) is 9.84. The second kappa shape index (κ2) is 3.81. The van der Waals surface area contributed by atoms with Gasteiger partial charge in [0.25, 0.3) is 0 Å². The van der Waals surface area contributed by atoms with Crippen LogP contribution in [0, 0.1) is 18.8 Å². The van der Waals surface area contributed by atoms with Crippen LogP contribution in [-0.4, -0.2) is 15.6 Å². The van der Waals surface area contributed by atoms with Crippen LogP contribution in [0.25, 0.3) is 0 Å². The monoisotopic (exact) mass is 177 g/mol. The number of rotatable bonds is 2. The van der Waals surface area contributed by atoms with E-state index in [1.54, 1.807) is 30.7 Å². The largest absolute Gasteiger partial charge is 0.477 e. The smallest absolute Gasteiger partial charge is 0.352 e. The van der Waals surface area contributed by atoms with E-state index in [4.69, 9.17) is 5.11 Å². The van der Waals surface area contributed by atoms with Crippen molar-refractivity contribution in [3.63, 3.8) is 0 Å². The molecule has 0 radical (unpaired) electrons. The highest BCUT2D eigenvalue weighted by molar-refractivity contribution is 5.87. The number of carbonyl (C=O) groups is 1. The van der Waals surface area contributed by atoms with E-state index in [1.807, 2.05) is 0 Å². The molecule has 13 heavy (non-hydrogen) atoms. The third-order valence-electron chi connectivity index (χ3n) is 1.79. The Hall–Kier alpha value is -1.69. The van der Waals surface area contributed by atoms with Gasteiger partial charge in [0.1, 0.15) is 5.69 Å². The Labute approximate surface area is 77.0 Å². The second-order valence-corrected chi connectivity index (χ2v) is 2.71. The van der Waals surface area contributed by atoms with Crippen LogP contribution in [0.2, 0.25) is 0 Å². The Kier molecular flexibility index (Phi) is 2.76. The van der Waals surface area contributed by atoms with Gasteiger partial charge in [-0.3, -0.25) is 0 Å². The van der Waals surface area contributed by atoms with Gasteiger partial charge in [0.2, 0.25) is 0 Å². The van der Waals surface area contributed by atoms with Gasteiger partial charge < -0.3 is 9.67 Å². The molecule has 0 aliphatic heterocycles. The molecule has 68 valence electrons. The summed E-state index contributed by atoms with van der Waals surface area (Å²) in [6, 6.07) is 1.78. The maximum absolute atomic E-state index is 10.8. The molecule has 0 aliphatic carbocycles. The number of hydrogen-bond donors (Lipinski definition) is 1. The first kappa shape index (κ1) is 9.40. The summed E-state index contributed by atoms with van der Waals surface area (Å²) in [5, 5.41) is 8.87. The minimum absolute atomic E-state index is 0.322. The number of aromatic nitrogens is 1. The average Bonchev–Trinajstić information content (AvgIpc) is 2.43. The molecule has 0 atom stereocenters. The Morgan fingerprint density at radius 1 is 1.69 bits per heavy atom. The SMILES string of the molecule is CC#CCn1ccc(C)c1C(=O)O. The van der Waals surface area contributed by atoms with Gasteiger partial charge >= 0.3 is 5.97 Å². The van der Waals surface area contributed by atoms with E-state index in [1.165, 1.54) is 0 Å². The Bertz CT molecular complexity index is 379. The molecular formula is C10H11NO2. The van der Waals surface area contributed by atoms with Crippen molar-refractivity contribution >= 4 is 5.97 Å². The summed E-state index contributed by atoms with van der Waals surface area (Å²) in [5.74, 6) is 4.65. The van der Waals surface area contributed by atoms with Crippen molar-refractivity contribution in [3.8, 4) is 11.8 Å². The van der Waals surface area contributed by atoms with E-state index >= 15 is 0 Å². The number of carboxylic acids is 1. The first-order valence-corrected chi connectivity index (χ1v) is 3.95. The topological polar surface area (TPSA) is 42.2 Å². The quantitative estimate of drug-likeness (QED) is 0.696. The van der Waals surface area contributed by atoms with Gasteiger partial charge in [-0.15, -0.1) is 5.92 Å². The van der Waals surface area contributed by atoms with E-state index in [2.05, 4.69) is 11.8 Å². The lowest BCUT2D eigenvalue weighted by Gasteiger charge is -2.01. The maximum atomic E-state index is 10.8. The van der Waals surface area contributed by atoms with Gasteiger partial charge in [0.05, 0.1) is 6.54 Å². The number of hydrogen-bond acceptors (Lipinski definition) is 1. The molecule has 0 unspecified atom stereocenters. The first-order chi connectivity index (χ1) is 6.16. The standard InChI is InChI=1S/C10H11NO2/c1-3-4-6-11-7-5-8(2)9(11)10(12)13/h5,7H,6H2,1-2H3,(H,12,13). The minimum atomic E-state index is -0.902. The van der Waals surface area contributed by atoms with Crippen molar-refractivity contribution in [2.24, 2.45) is 0 Å². The molecule has 1 heterocycles. The number of nitrogens with zero attached hydrogens (tertiary/aromatic N) is 1. The van der Waals surface area contributed by atoms with Crippen LogP contribution in [0.5, 0.6) is 0 Å². The third kappa shape index (κ3) is 1.91. The molecule has 1 aromatic rings. The van der Waals surface area contributed by atoms with Crippen molar-refractivity contribution in [3.05, 3.63) is 23.5 Å². The van der Waals surface area contributed by atoms with Crippen molar-refractivity contribution in [1.29, 1.82) is 0 Å². The summed E-state index contributed by atoms with van der Waals surface area (Å²) in [6.45, 7) is 3.95. The molecule has 0 spiro atoms. The number of aryl methyl sites for hydroxylation is 1. The van der Waals surface area contributed by atoms with E-state index in [9.17, 15) is 4.79 Å². The Balaban J connectivity index is 3.05. The van der Waals surface area contributed by atoms with Crippen LogP contribution in [-0.2, 0) is 6.54 Å². The van der Waals surface area contributed by atoms with Crippen molar-refractivity contribution in [1.82, 2.24) is 4.57 Å². The Morgan fingerprint density at radius 2 is 2.38 bits per heavy atom. The molecule has 0 aliphatic rings. The number of carboxylic acid groups (broad SMARTS) is 1. The van der Waals surface area contributed by atoms with Gasteiger partial charge in [0.15, 0.2) is 0 Å². The molecular weight excluding hydrogens is 166 g/mol. The summed E-state index contributed by atoms with van der Waals surface area (Å²) in [5.41, 5.74) is 1.09. The summed E-state index contributed by atoms with van der Waals surface area (Å²) in [6.07, 6.45) is 1.74. The molecule has 3 nitrogen and oxygen atoms in total. The van der Waals surface area contributed by atoms with Crippen LogP contribution in [0.3, 0.4) is 0 Å². The van der Waals surface area contributed by atoms with E-state index < -0.39 is 5.97 Å². The maximum Gasteiger partial charge on any atom is 0.352 e. The second-order valence-electron chi connectivity index (χ2n) is 2.71. The highest BCUT2D eigenvalue weighted by atomic mass is 16.4. The highest BCUT2D eigenvalue weighted by Crippen LogP contribution is 2.09. The van der Waals surface area contributed by atoms with Crippen LogP contribution in [0.1, 0.15) is 23.0 Å². The number of aromatic carboxylic acids is 1. The molecule has 0 amide bonds. The van der Waals surface area contributed by atoms with Crippen LogP contribution < -0.4 is 0 Å². The molecule has 3 heteroatoms. The van der Waals surface area contributed by atoms with Gasteiger partial charge in [-0.2, -0.15) is 0 Å². The zero-order valence-electron chi connectivity index (χ0n) is 7.66. The van der Waals surface area contributed by atoms with Gasteiger partial charge in [-0.25, -0.2) is 4.79 Å². The van der Waals surface area contributed by atoms with E-state index in [0.29, 0.717) is 12.2 Å². The third-order valence-corrected chi connectivity index (χ3v) is 1.79.